The number of hydrogen-bond acceptors (Lipinski definition) is 1. The molecule has 1 nitrogen and oxygen atoms in total. The second-order valence-corrected chi connectivity index (χ2v) is 4.22. The molecule has 3 heteroatoms. The van der Waals surface area contributed by atoms with Crippen molar-refractivity contribution < 1.29 is 0 Å². The first-order valence-corrected chi connectivity index (χ1v) is 5.10. The van der Waals surface area contributed by atoms with E-state index in [0.717, 1.165) is 10.2 Å². The van der Waals surface area contributed by atoms with Crippen molar-refractivity contribution in [3.8, 4) is 0 Å². The van der Waals surface area contributed by atoms with Gasteiger partial charge in [0, 0.05) is 15.2 Å². The van der Waals surface area contributed by atoms with Crippen LogP contribution in [0.1, 0.15) is 5.56 Å². The summed E-state index contributed by atoms with van der Waals surface area (Å²) in [6.45, 7) is 6.25. The van der Waals surface area contributed by atoms with Gasteiger partial charge in [-0.05, 0) is 24.6 Å². The summed E-state index contributed by atoms with van der Waals surface area (Å²) < 4.78 is 1.10. The van der Waals surface area contributed by atoms with E-state index in [9.17, 15) is 0 Å². The van der Waals surface area contributed by atoms with Gasteiger partial charge in [-0.1, -0.05) is 40.2 Å². The van der Waals surface area contributed by atoms with Crippen LogP contribution in [-0.4, -0.2) is 6.54 Å². The van der Waals surface area contributed by atoms with Crippen molar-refractivity contribution in [2.45, 2.75) is 6.92 Å². The molecule has 0 atom stereocenters. The number of aryl methyl sites for hydroxylation is 1. The van der Waals surface area contributed by atoms with Gasteiger partial charge in [0.25, 0.3) is 0 Å². The zero-order valence-electron chi connectivity index (χ0n) is 7.40. The number of nitrogens with one attached hydrogen (secondary N) is 1. The van der Waals surface area contributed by atoms with Crippen molar-refractivity contribution in [2.24, 2.45) is 0 Å². The van der Waals surface area contributed by atoms with Gasteiger partial charge in [0.05, 0.1) is 6.54 Å². The monoisotopic (exact) mass is 259 g/mol. The minimum Gasteiger partial charge on any atom is -0.380 e. The van der Waals surface area contributed by atoms with Crippen LogP contribution >= 0.6 is 27.5 Å². The Morgan fingerprint density at radius 1 is 1.62 bits per heavy atom. The first-order chi connectivity index (χ1) is 6.09. The van der Waals surface area contributed by atoms with Crippen LogP contribution in [0.2, 0.25) is 0 Å². The van der Waals surface area contributed by atoms with Crippen LogP contribution in [0.5, 0.6) is 0 Å². The third kappa shape index (κ3) is 3.41. The van der Waals surface area contributed by atoms with Crippen molar-refractivity contribution in [1.82, 2.24) is 0 Å². The fourth-order valence-corrected chi connectivity index (χ4v) is 1.35. The molecule has 0 aliphatic carbocycles. The van der Waals surface area contributed by atoms with E-state index in [0.29, 0.717) is 11.6 Å². The summed E-state index contributed by atoms with van der Waals surface area (Å²) in [7, 11) is 0. The standard InChI is InChI=1S/C10H11BrClN/c1-7-3-4-9(5-10(7)11)13-6-8(2)12/h3-5,13H,2,6H2,1H3. The van der Waals surface area contributed by atoms with Gasteiger partial charge in [-0.15, -0.1) is 0 Å². The summed E-state index contributed by atoms with van der Waals surface area (Å²) in [5.41, 5.74) is 2.26. The summed E-state index contributed by atoms with van der Waals surface area (Å²) in [6, 6.07) is 6.08. The average Bonchev–Trinajstić information content (AvgIpc) is 2.07. The molecule has 0 saturated heterocycles. The van der Waals surface area contributed by atoms with E-state index in [1.807, 2.05) is 25.1 Å². The zero-order valence-corrected chi connectivity index (χ0v) is 9.74. The van der Waals surface area contributed by atoms with Gasteiger partial charge < -0.3 is 5.32 Å². The first kappa shape index (κ1) is 10.6. The maximum Gasteiger partial charge on any atom is 0.0501 e. The van der Waals surface area contributed by atoms with Gasteiger partial charge in [-0.25, -0.2) is 0 Å². The molecule has 0 aliphatic heterocycles. The fourth-order valence-electron chi connectivity index (χ4n) is 0.901. The van der Waals surface area contributed by atoms with Crippen molar-refractivity contribution in [3.63, 3.8) is 0 Å². The summed E-state index contributed by atoms with van der Waals surface area (Å²) in [6.07, 6.45) is 0. The number of anilines is 1. The summed E-state index contributed by atoms with van der Waals surface area (Å²) >= 11 is 9.09. The van der Waals surface area contributed by atoms with Gasteiger partial charge in [-0.2, -0.15) is 0 Å². The molecule has 0 bridgehead atoms. The second-order valence-electron chi connectivity index (χ2n) is 2.83. The molecule has 70 valence electrons. The van der Waals surface area contributed by atoms with Crippen LogP contribution in [-0.2, 0) is 0 Å². The molecule has 0 heterocycles. The van der Waals surface area contributed by atoms with E-state index >= 15 is 0 Å². The quantitative estimate of drug-likeness (QED) is 0.868. The molecule has 0 radical (unpaired) electrons. The maximum absolute atomic E-state index is 5.63. The lowest BCUT2D eigenvalue weighted by atomic mass is 10.2. The van der Waals surface area contributed by atoms with E-state index in [1.54, 1.807) is 0 Å². The van der Waals surface area contributed by atoms with Crippen LogP contribution < -0.4 is 5.32 Å². The number of benzene rings is 1. The lowest BCUT2D eigenvalue weighted by molar-refractivity contribution is 1.30. The molecule has 1 aromatic rings. The highest BCUT2D eigenvalue weighted by Gasteiger charge is 1.96. The number of rotatable bonds is 3. The van der Waals surface area contributed by atoms with Crippen LogP contribution in [0, 0.1) is 6.92 Å². The van der Waals surface area contributed by atoms with E-state index in [1.165, 1.54) is 5.56 Å². The minimum atomic E-state index is 0.594. The van der Waals surface area contributed by atoms with Crippen molar-refractivity contribution in [1.29, 1.82) is 0 Å². The highest BCUT2D eigenvalue weighted by Crippen LogP contribution is 2.20. The molecule has 13 heavy (non-hydrogen) atoms. The Morgan fingerprint density at radius 2 is 2.31 bits per heavy atom. The second kappa shape index (κ2) is 4.68. The fraction of sp³-hybridized carbons (Fsp3) is 0.200. The SMILES string of the molecule is C=C(Cl)CNc1ccc(C)c(Br)c1. The van der Waals surface area contributed by atoms with Crippen LogP contribution in [0.15, 0.2) is 34.3 Å². The molecule has 0 unspecified atom stereocenters. The first-order valence-electron chi connectivity index (χ1n) is 3.93. The van der Waals surface area contributed by atoms with E-state index < -0.39 is 0 Å². The third-order valence-corrected chi connectivity index (χ3v) is 2.64. The molecule has 1 aromatic carbocycles. The molecule has 0 aliphatic rings. The normalized spacial score (nSPS) is 9.77. The lowest BCUT2D eigenvalue weighted by Crippen LogP contribution is -2.00. The van der Waals surface area contributed by atoms with Crippen molar-refractivity contribution in [2.75, 3.05) is 11.9 Å². The minimum absolute atomic E-state index is 0.594. The van der Waals surface area contributed by atoms with Crippen LogP contribution in [0.4, 0.5) is 5.69 Å². The largest absolute Gasteiger partial charge is 0.380 e. The molecule has 0 aromatic heterocycles. The molecule has 0 amide bonds. The molecule has 0 spiro atoms. The Kier molecular flexibility index (Phi) is 3.82. The van der Waals surface area contributed by atoms with Crippen molar-refractivity contribution in [3.05, 3.63) is 39.8 Å². The topological polar surface area (TPSA) is 12.0 Å². The Hall–Kier alpha value is -0.470. The Balaban J connectivity index is 2.68. The van der Waals surface area contributed by atoms with E-state index in [-0.39, 0.29) is 0 Å². The Bertz CT molecular complexity index is 323. The predicted octanol–water partition coefficient (Wildman–Crippen LogP) is 3.92. The molecule has 1 N–H and O–H groups in total. The highest BCUT2D eigenvalue weighted by atomic mass is 79.9. The van der Waals surface area contributed by atoms with Gasteiger partial charge in [0.1, 0.15) is 0 Å². The van der Waals surface area contributed by atoms with E-state index in [4.69, 9.17) is 11.6 Å². The van der Waals surface area contributed by atoms with Gasteiger partial charge in [-0.3, -0.25) is 0 Å². The van der Waals surface area contributed by atoms with Crippen molar-refractivity contribution >= 4 is 33.2 Å². The van der Waals surface area contributed by atoms with Gasteiger partial charge >= 0.3 is 0 Å². The molecule has 0 saturated carbocycles. The number of halogens is 2. The molecular formula is C10H11BrClN. The molecular weight excluding hydrogens is 249 g/mol. The molecule has 0 fully saturated rings. The van der Waals surface area contributed by atoms with Crippen LogP contribution in [0.3, 0.4) is 0 Å². The zero-order chi connectivity index (χ0) is 9.84. The Morgan fingerprint density at radius 3 is 2.85 bits per heavy atom. The van der Waals surface area contributed by atoms with Gasteiger partial charge in [0.2, 0.25) is 0 Å². The third-order valence-electron chi connectivity index (χ3n) is 1.66. The van der Waals surface area contributed by atoms with Gasteiger partial charge in [0.15, 0.2) is 0 Å². The summed E-state index contributed by atoms with van der Waals surface area (Å²) in [4.78, 5) is 0. The highest BCUT2D eigenvalue weighted by molar-refractivity contribution is 9.10. The lowest BCUT2D eigenvalue weighted by Gasteiger charge is -2.06. The molecule has 1 rings (SSSR count). The average molecular weight is 261 g/mol. The maximum atomic E-state index is 5.63. The Labute approximate surface area is 91.9 Å². The summed E-state index contributed by atoms with van der Waals surface area (Å²) in [5, 5.41) is 3.76. The number of hydrogen-bond donors (Lipinski definition) is 1. The van der Waals surface area contributed by atoms with E-state index in [2.05, 4.69) is 27.8 Å². The summed E-state index contributed by atoms with van der Waals surface area (Å²) in [5.74, 6) is 0. The van der Waals surface area contributed by atoms with Crippen LogP contribution in [0.25, 0.3) is 0 Å². The predicted molar refractivity (Wildman–Crippen MR) is 62.4 cm³/mol. The smallest absolute Gasteiger partial charge is 0.0501 e.